The maximum absolute atomic E-state index is 12.2. The Balaban J connectivity index is 4.10. The molecule has 2 unspecified atom stereocenters. The second-order valence-corrected chi connectivity index (χ2v) is 6.75. The number of carboxylic acids is 1. The van der Waals surface area contributed by atoms with Crippen molar-refractivity contribution in [3.63, 3.8) is 0 Å². The molecular weight excluding hydrogens is 369 g/mol. The van der Waals surface area contributed by atoms with Gasteiger partial charge in [-0.15, -0.1) is 0 Å². The average Bonchev–Trinajstić information content (AvgIpc) is 2.42. The van der Waals surface area contributed by atoms with Crippen molar-refractivity contribution in [1.29, 1.82) is 0 Å². The highest BCUT2D eigenvalue weighted by atomic mass is 127. The molecule has 0 aromatic heterocycles. The second kappa shape index (κ2) is 12.6. The molecule has 0 aromatic carbocycles. The summed E-state index contributed by atoms with van der Waals surface area (Å²) in [6.45, 7) is 2.72. The molecule has 5 heteroatoms. The van der Waals surface area contributed by atoms with Gasteiger partial charge < -0.3 is 10.8 Å². The molecule has 20 heavy (non-hydrogen) atoms. The number of Topliss-reactive ketones (excluding diaryl/α,β-unsaturated/α-hetero) is 1. The molecule has 3 N–H and O–H groups in total. The van der Waals surface area contributed by atoms with Crippen LogP contribution in [0, 0.1) is 5.92 Å². The number of halogens is 1. The number of carbonyl (C=O) groups is 2. The van der Waals surface area contributed by atoms with Crippen LogP contribution in [-0.2, 0) is 9.59 Å². The minimum absolute atomic E-state index is 0.120. The third-order valence-corrected chi connectivity index (χ3v) is 4.69. The fraction of sp³-hybridized carbons (Fsp3) is 0.867. The van der Waals surface area contributed by atoms with E-state index in [1.165, 1.54) is 19.3 Å². The van der Waals surface area contributed by atoms with Gasteiger partial charge in [0.05, 0.1) is 3.92 Å². The number of carboxylic acid groups (broad SMARTS) is 1. The van der Waals surface area contributed by atoms with Crippen molar-refractivity contribution in [3.8, 4) is 0 Å². The van der Waals surface area contributed by atoms with E-state index in [9.17, 15) is 14.7 Å². The van der Waals surface area contributed by atoms with E-state index >= 15 is 0 Å². The lowest BCUT2D eigenvalue weighted by molar-refractivity contribution is -0.146. The van der Waals surface area contributed by atoms with Crippen LogP contribution in [0.15, 0.2) is 0 Å². The van der Waals surface area contributed by atoms with Gasteiger partial charge in [-0.1, -0.05) is 68.0 Å². The molecule has 0 radical (unpaired) electrons. The van der Waals surface area contributed by atoms with E-state index in [0.29, 0.717) is 19.4 Å². The molecule has 2 atom stereocenters. The van der Waals surface area contributed by atoms with Gasteiger partial charge in [0.15, 0.2) is 5.78 Å². The number of alkyl halides is 1. The molecule has 0 fully saturated rings. The zero-order valence-electron chi connectivity index (χ0n) is 12.4. The normalized spacial score (nSPS) is 13.9. The van der Waals surface area contributed by atoms with Crippen molar-refractivity contribution in [2.75, 3.05) is 6.54 Å². The summed E-state index contributed by atoms with van der Waals surface area (Å²) in [7, 11) is 0. The third kappa shape index (κ3) is 8.89. The SMILES string of the molecule is CCCCCCCC(I)C(=O)C(CCCCN)C(=O)O. The molecular formula is C15H28INO3. The number of carbonyl (C=O) groups excluding carboxylic acids is 1. The van der Waals surface area contributed by atoms with Crippen LogP contribution in [0.25, 0.3) is 0 Å². The van der Waals surface area contributed by atoms with E-state index < -0.39 is 11.9 Å². The van der Waals surface area contributed by atoms with Crippen LogP contribution in [0.2, 0.25) is 0 Å². The molecule has 0 saturated carbocycles. The number of ketones is 1. The Kier molecular flexibility index (Phi) is 12.5. The summed E-state index contributed by atoms with van der Waals surface area (Å²) in [5.74, 6) is -1.95. The van der Waals surface area contributed by atoms with Crippen LogP contribution in [0.3, 0.4) is 0 Å². The molecule has 0 spiro atoms. The van der Waals surface area contributed by atoms with Crippen LogP contribution in [0.1, 0.15) is 64.7 Å². The Morgan fingerprint density at radius 1 is 1.05 bits per heavy atom. The summed E-state index contributed by atoms with van der Waals surface area (Å²) in [5.41, 5.74) is 5.40. The standard InChI is InChI=1S/C15H28INO3/c1-2-3-4-5-6-10-13(16)14(18)12(15(19)20)9-7-8-11-17/h12-13H,2-11,17H2,1H3,(H,19,20). The topological polar surface area (TPSA) is 80.4 Å². The van der Waals surface area contributed by atoms with Crippen molar-refractivity contribution in [3.05, 3.63) is 0 Å². The zero-order valence-corrected chi connectivity index (χ0v) is 14.6. The first-order valence-corrected chi connectivity index (χ1v) is 8.89. The van der Waals surface area contributed by atoms with E-state index in [-0.39, 0.29) is 9.71 Å². The molecule has 4 nitrogen and oxygen atoms in total. The van der Waals surface area contributed by atoms with Crippen molar-refractivity contribution in [2.45, 2.75) is 68.6 Å². The zero-order chi connectivity index (χ0) is 15.4. The van der Waals surface area contributed by atoms with E-state index in [0.717, 1.165) is 25.7 Å². The number of aliphatic carboxylic acids is 1. The van der Waals surface area contributed by atoms with Gasteiger partial charge in [-0.05, 0) is 25.8 Å². The molecule has 0 aliphatic heterocycles. The van der Waals surface area contributed by atoms with Crippen molar-refractivity contribution >= 4 is 34.3 Å². The fourth-order valence-electron chi connectivity index (χ4n) is 2.17. The van der Waals surface area contributed by atoms with Gasteiger partial charge in [0.25, 0.3) is 0 Å². The number of unbranched alkanes of at least 4 members (excludes halogenated alkanes) is 5. The van der Waals surface area contributed by atoms with Crippen molar-refractivity contribution in [2.24, 2.45) is 11.7 Å². The number of hydrogen-bond acceptors (Lipinski definition) is 3. The van der Waals surface area contributed by atoms with Gasteiger partial charge in [-0.2, -0.15) is 0 Å². The van der Waals surface area contributed by atoms with E-state index in [4.69, 9.17) is 5.73 Å². The predicted molar refractivity (Wildman–Crippen MR) is 90.2 cm³/mol. The van der Waals surface area contributed by atoms with Crippen LogP contribution in [0.5, 0.6) is 0 Å². The van der Waals surface area contributed by atoms with E-state index in [2.05, 4.69) is 29.5 Å². The van der Waals surface area contributed by atoms with Crippen LogP contribution in [0.4, 0.5) is 0 Å². The Morgan fingerprint density at radius 2 is 1.65 bits per heavy atom. The molecule has 0 amide bonds. The Labute approximate surface area is 136 Å². The predicted octanol–water partition coefficient (Wildman–Crippen LogP) is 3.55. The summed E-state index contributed by atoms with van der Waals surface area (Å²) in [6, 6.07) is 0. The van der Waals surface area contributed by atoms with Gasteiger partial charge in [-0.25, -0.2) is 0 Å². The number of nitrogens with two attached hydrogens (primary N) is 1. The van der Waals surface area contributed by atoms with Gasteiger partial charge in [-0.3, -0.25) is 9.59 Å². The van der Waals surface area contributed by atoms with Gasteiger partial charge in [0.2, 0.25) is 0 Å². The molecule has 0 aliphatic carbocycles. The highest BCUT2D eigenvalue weighted by Crippen LogP contribution is 2.21. The molecule has 0 aromatic rings. The lowest BCUT2D eigenvalue weighted by atomic mass is 9.93. The Bertz CT molecular complexity index is 284. The van der Waals surface area contributed by atoms with Gasteiger partial charge in [0.1, 0.15) is 5.92 Å². The molecule has 0 rings (SSSR count). The summed E-state index contributed by atoms with van der Waals surface area (Å²) >= 11 is 2.10. The summed E-state index contributed by atoms with van der Waals surface area (Å²) in [5, 5.41) is 9.18. The highest BCUT2D eigenvalue weighted by molar-refractivity contribution is 14.1. The summed E-state index contributed by atoms with van der Waals surface area (Å²) < 4.78 is -0.173. The van der Waals surface area contributed by atoms with Gasteiger partial charge in [0, 0.05) is 0 Å². The molecule has 0 saturated heterocycles. The largest absolute Gasteiger partial charge is 0.481 e. The number of rotatable bonds is 13. The highest BCUT2D eigenvalue weighted by Gasteiger charge is 2.29. The third-order valence-electron chi connectivity index (χ3n) is 3.46. The van der Waals surface area contributed by atoms with Crippen LogP contribution < -0.4 is 5.73 Å². The smallest absolute Gasteiger partial charge is 0.314 e. The summed E-state index contributed by atoms with van der Waals surface area (Å²) in [4.78, 5) is 23.4. The minimum atomic E-state index is -0.986. The van der Waals surface area contributed by atoms with E-state index in [1.54, 1.807) is 0 Å². The first kappa shape index (κ1) is 19.8. The lowest BCUT2D eigenvalue weighted by Gasteiger charge is -2.15. The average molecular weight is 397 g/mol. The fourth-order valence-corrected chi connectivity index (χ4v) is 3.04. The maximum atomic E-state index is 12.2. The summed E-state index contributed by atoms with van der Waals surface area (Å²) in [6.07, 6.45) is 8.47. The molecule has 118 valence electrons. The minimum Gasteiger partial charge on any atom is -0.481 e. The molecule has 0 heterocycles. The van der Waals surface area contributed by atoms with E-state index in [1.807, 2.05) is 0 Å². The van der Waals surface area contributed by atoms with Crippen molar-refractivity contribution < 1.29 is 14.7 Å². The van der Waals surface area contributed by atoms with Gasteiger partial charge >= 0.3 is 5.97 Å². The second-order valence-electron chi connectivity index (χ2n) is 5.25. The maximum Gasteiger partial charge on any atom is 0.314 e. The Hall–Kier alpha value is -0.170. The number of hydrogen-bond donors (Lipinski definition) is 2. The first-order chi connectivity index (χ1) is 9.54. The molecule has 0 aliphatic rings. The molecule has 0 bridgehead atoms. The Morgan fingerprint density at radius 3 is 2.20 bits per heavy atom. The lowest BCUT2D eigenvalue weighted by Crippen LogP contribution is -2.30. The van der Waals surface area contributed by atoms with Crippen molar-refractivity contribution in [1.82, 2.24) is 0 Å². The van der Waals surface area contributed by atoms with Crippen LogP contribution in [-0.4, -0.2) is 27.3 Å². The first-order valence-electron chi connectivity index (χ1n) is 7.65. The monoisotopic (exact) mass is 397 g/mol. The van der Waals surface area contributed by atoms with Crippen LogP contribution >= 0.6 is 22.6 Å². The quantitative estimate of drug-likeness (QED) is 0.216.